The van der Waals surface area contributed by atoms with E-state index in [1.54, 1.807) is 36.4 Å². The van der Waals surface area contributed by atoms with Crippen molar-refractivity contribution in [1.29, 1.82) is 0 Å². The van der Waals surface area contributed by atoms with E-state index in [-0.39, 0.29) is 22.1 Å². The molecule has 3 unspecified atom stereocenters. The Morgan fingerprint density at radius 3 is 2.38 bits per heavy atom. The molecule has 1 fully saturated rings. The second-order valence-electron chi connectivity index (χ2n) is 10.2. The number of anilines is 2. The third-order valence-corrected chi connectivity index (χ3v) is 11.3. The van der Waals surface area contributed by atoms with Crippen LogP contribution in [0.25, 0.3) is 0 Å². The highest BCUT2D eigenvalue weighted by Gasteiger charge is 2.57. The van der Waals surface area contributed by atoms with Crippen LogP contribution in [0, 0.1) is 5.92 Å². The van der Waals surface area contributed by atoms with Gasteiger partial charge in [-0.05, 0) is 66.2 Å². The first-order valence-corrected chi connectivity index (χ1v) is 16.8. The number of carbonyl (C=O) groups is 3. The fourth-order valence-electron chi connectivity index (χ4n) is 5.42. The lowest BCUT2D eigenvalue weighted by Gasteiger charge is -2.31. The Morgan fingerprint density at radius 1 is 1.04 bits per heavy atom. The van der Waals surface area contributed by atoms with E-state index in [0.717, 1.165) is 28.0 Å². The molecule has 0 spiro atoms. The van der Waals surface area contributed by atoms with Gasteiger partial charge in [-0.2, -0.15) is 0 Å². The minimum atomic E-state index is -3.92. The van der Waals surface area contributed by atoms with Crippen LogP contribution in [0.2, 0.25) is 5.02 Å². The summed E-state index contributed by atoms with van der Waals surface area (Å²) in [6.07, 6.45) is 0. The molecule has 3 atom stereocenters. The van der Waals surface area contributed by atoms with E-state index in [0.29, 0.717) is 26.2 Å². The lowest BCUT2D eigenvalue weighted by Crippen LogP contribution is -2.33. The van der Waals surface area contributed by atoms with Gasteiger partial charge in [-0.1, -0.05) is 40.8 Å². The molecule has 6 rings (SSSR count). The number of methoxy groups -OCH3 is 1. The molecule has 0 saturated carbocycles. The van der Waals surface area contributed by atoms with Crippen LogP contribution in [-0.2, 0) is 31.0 Å². The third kappa shape index (κ3) is 5.61. The van der Waals surface area contributed by atoms with Crippen LogP contribution in [0.5, 0.6) is 11.5 Å². The summed E-state index contributed by atoms with van der Waals surface area (Å²) in [5.41, 5.74) is 1.16. The molecule has 2 aliphatic heterocycles. The van der Waals surface area contributed by atoms with E-state index >= 15 is 0 Å². The lowest BCUT2D eigenvalue weighted by molar-refractivity contribution is -0.122. The Labute approximate surface area is 269 Å². The van der Waals surface area contributed by atoms with Crippen LogP contribution >= 0.6 is 34.7 Å². The molecule has 12 nitrogen and oxygen atoms in total. The number of nitrogens with two attached hydrogens (primary N) is 1. The maximum absolute atomic E-state index is 14.0. The SMILES string of the molecule is COc1cc(C2c3sc(=O)n(CC(=O)Nc4ccc(S(N)(=O)=O)cc4)c3SC3C(=O)N(c4ccc(Cl)cc4)C(=O)C32)ccc1O. The van der Waals surface area contributed by atoms with Crippen molar-refractivity contribution in [3.8, 4) is 11.5 Å². The molecule has 2 aliphatic rings. The van der Waals surface area contributed by atoms with E-state index in [2.05, 4.69) is 5.32 Å². The highest BCUT2D eigenvalue weighted by atomic mass is 35.5. The van der Waals surface area contributed by atoms with Gasteiger partial charge in [0.25, 0.3) is 0 Å². The number of fused-ring (bicyclic) bond motifs is 2. The molecule has 0 aliphatic carbocycles. The van der Waals surface area contributed by atoms with E-state index in [4.69, 9.17) is 21.5 Å². The molecule has 0 bridgehead atoms. The molecule has 0 radical (unpaired) electrons. The van der Waals surface area contributed by atoms with Crippen molar-refractivity contribution in [1.82, 2.24) is 4.57 Å². The number of ether oxygens (including phenoxy) is 1. The number of aromatic hydroxyl groups is 1. The summed E-state index contributed by atoms with van der Waals surface area (Å²) in [7, 11) is -2.54. The number of nitrogens with one attached hydrogen (secondary N) is 1. The van der Waals surface area contributed by atoms with Gasteiger partial charge in [0.05, 0.1) is 28.6 Å². The summed E-state index contributed by atoms with van der Waals surface area (Å²) in [6, 6.07) is 16.1. The average Bonchev–Trinajstić information content (AvgIpc) is 3.44. The van der Waals surface area contributed by atoms with Crippen molar-refractivity contribution < 1.29 is 32.6 Å². The predicted molar refractivity (Wildman–Crippen MR) is 169 cm³/mol. The van der Waals surface area contributed by atoms with Crippen LogP contribution in [0.4, 0.5) is 11.4 Å². The predicted octanol–water partition coefficient (Wildman–Crippen LogP) is 3.36. The number of benzene rings is 3. The van der Waals surface area contributed by atoms with Crippen molar-refractivity contribution in [3.63, 3.8) is 0 Å². The van der Waals surface area contributed by atoms with Gasteiger partial charge in [0.15, 0.2) is 11.5 Å². The minimum absolute atomic E-state index is 0.126. The number of thioether (sulfide) groups is 1. The molecule has 3 amide bonds. The summed E-state index contributed by atoms with van der Waals surface area (Å²) < 4.78 is 29.7. The molecule has 1 saturated heterocycles. The summed E-state index contributed by atoms with van der Waals surface area (Å²) >= 11 is 7.95. The van der Waals surface area contributed by atoms with Crippen molar-refractivity contribution in [2.75, 3.05) is 17.3 Å². The number of hydrogen-bond donors (Lipinski definition) is 3. The van der Waals surface area contributed by atoms with Gasteiger partial charge in [-0.15, -0.1) is 0 Å². The molecule has 45 heavy (non-hydrogen) atoms. The molecule has 16 heteroatoms. The van der Waals surface area contributed by atoms with E-state index in [9.17, 15) is 32.7 Å². The van der Waals surface area contributed by atoms with Gasteiger partial charge in [0, 0.05) is 21.5 Å². The Morgan fingerprint density at radius 2 is 1.73 bits per heavy atom. The number of imide groups is 1. The molecular weight excluding hydrogens is 664 g/mol. The van der Waals surface area contributed by atoms with Crippen LogP contribution in [0.1, 0.15) is 16.4 Å². The smallest absolute Gasteiger partial charge is 0.308 e. The van der Waals surface area contributed by atoms with Gasteiger partial charge in [0.2, 0.25) is 27.7 Å². The number of primary sulfonamides is 1. The van der Waals surface area contributed by atoms with Crippen molar-refractivity contribution in [2.45, 2.75) is 27.6 Å². The van der Waals surface area contributed by atoms with Gasteiger partial charge >= 0.3 is 4.87 Å². The minimum Gasteiger partial charge on any atom is -0.504 e. The molecular formula is C29H23ClN4O8S3. The lowest BCUT2D eigenvalue weighted by atomic mass is 9.83. The van der Waals surface area contributed by atoms with Crippen LogP contribution in [-0.4, -0.2) is 48.2 Å². The van der Waals surface area contributed by atoms with Gasteiger partial charge in [-0.3, -0.25) is 23.7 Å². The maximum atomic E-state index is 14.0. The summed E-state index contributed by atoms with van der Waals surface area (Å²) in [6.45, 7) is -0.416. The molecule has 4 aromatic rings. The topological polar surface area (TPSA) is 178 Å². The molecule has 1 aromatic heterocycles. The average molecular weight is 687 g/mol. The molecule has 232 valence electrons. The summed E-state index contributed by atoms with van der Waals surface area (Å²) in [4.78, 5) is 55.3. The number of halogens is 1. The van der Waals surface area contributed by atoms with Crippen molar-refractivity contribution in [2.24, 2.45) is 11.1 Å². The van der Waals surface area contributed by atoms with Gasteiger partial charge < -0.3 is 15.2 Å². The highest BCUT2D eigenvalue weighted by molar-refractivity contribution is 8.00. The first-order valence-electron chi connectivity index (χ1n) is 13.2. The Bertz CT molecular complexity index is 2030. The zero-order valence-corrected chi connectivity index (χ0v) is 26.4. The Kier molecular flexibility index (Phi) is 7.99. The van der Waals surface area contributed by atoms with E-state index in [1.807, 2.05) is 0 Å². The fourth-order valence-corrected chi connectivity index (χ4v) is 8.83. The number of nitrogens with zero attached hydrogens (tertiary/aromatic N) is 2. The number of hydrogen-bond acceptors (Lipinski definition) is 10. The standard InChI is InChI=1S/C29H23ClN4O8S3/c1-42-20-12-14(2-11-19(20)35)22-23-24(27(38)34(26(23)37)17-7-3-15(30)4-8-17)43-28-25(22)44-29(39)33(28)13-21(36)32-16-5-9-18(10-6-16)45(31,40)41/h2-12,22-24,35H,13H2,1H3,(H,32,36)(H2,31,40,41). The van der Waals surface area contributed by atoms with Crippen molar-refractivity contribution >= 4 is 73.8 Å². The molecule has 3 heterocycles. The number of rotatable bonds is 7. The first-order chi connectivity index (χ1) is 21.4. The van der Waals surface area contributed by atoms with Crippen LogP contribution < -0.4 is 25.0 Å². The van der Waals surface area contributed by atoms with E-state index in [1.165, 1.54) is 42.0 Å². The molecule has 4 N–H and O–H groups in total. The normalized spacial score (nSPS) is 19.3. The van der Waals surface area contributed by atoms with Crippen LogP contribution in [0.3, 0.4) is 0 Å². The second kappa shape index (κ2) is 11.7. The number of carbonyl (C=O) groups excluding carboxylic acids is 3. The number of phenolic OH excluding ortho intramolecular Hbond substituents is 1. The quantitative estimate of drug-likeness (QED) is 0.246. The number of aromatic nitrogens is 1. The Balaban J connectivity index is 1.39. The zero-order chi connectivity index (χ0) is 32.2. The monoisotopic (exact) mass is 686 g/mol. The number of phenols is 1. The highest BCUT2D eigenvalue weighted by Crippen LogP contribution is 2.54. The van der Waals surface area contributed by atoms with Crippen molar-refractivity contribution in [3.05, 3.63) is 91.9 Å². The largest absolute Gasteiger partial charge is 0.504 e. The summed E-state index contributed by atoms with van der Waals surface area (Å²) in [5.74, 6) is -3.18. The Hall–Kier alpha value is -4.15. The van der Waals surface area contributed by atoms with Gasteiger partial charge in [-0.25, -0.2) is 18.5 Å². The molecule has 3 aromatic carbocycles. The first kappa shape index (κ1) is 30.9. The van der Waals surface area contributed by atoms with Crippen LogP contribution in [0.15, 0.2) is 81.4 Å². The number of sulfonamides is 1. The summed E-state index contributed by atoms with van der Waals surface area (Å²) in [5, 5.41) is 17.9. The third-order valence-electron chi connectivity index (χ3n) is 7.47. The number of amides is 3. The maximum Gasteiger partial charge on any atom is 0.308 e. The number of thiazole rings is 1. The van der Waals surface area contributed by atoms with Gasteiger partial charge in [0.1, 0.15) is 11.8 Å². The second-order valence-corrected chi connectivity index (χ2v) is 14.3. The van der Waals surface area contributed by atoms with E-state index < -0.39 is 56.2 Å². The fraction of sp³-hybridized carbons (Fsp3) is 0.172. The zero-order valence-electron chi connectivity index (χ0n) is 23.2.